The normalized spacial score (nSPS) is 24.8. The van der Waals surface area contributed by atoms with Gasteiger partial charge < -0.3 is 14.4 Å². The maximum absolute atomic E-state index is 13.0. The topological polar surface area (TPSA) is 69.0 Å². The molecule has 0 spiro atoms. The van der Waals surface area contributed by atoms with Crippen LogP contribution in [0.4, 0.5) is 18.0 Å². The van der Waals surface area contributed by atoms with Crippen LogP contribution in [0.1, 0.15) is 68.6 Å². The van der Waals surface area contributed by atoms with E-state index in [9.17, 15) is 18.0 Å². The number of aryl methyl sites for hydroxylation is 1. The first-order chi connectivity index (χ1) is 15.1. The van der Waals surface area contributed by atoms with E-state index in [1.54, 1.807) is 23.3 Å². The van der Waals surface area contributed by atoms with E-state index in [0.29, 0.717) is 38.2 Å². The van der Waals surface area contributed by atoms with Crippen LogP contribution in [0.5, 0.6) is 0 Å². The fourth-order valence-electron chi connectivity index (χ4n) is 4.56. The van der Waals surface area contributed by atoms with E-state index < -0.39 is 18.2 Å². The average Bonchev–Trinajstić information content (AvgIpc) is 3.16. The van der Waals surface area contributed by atoms with Gasteiger partial charge in [0.05, 0.1) is 36.6 Å². The van der Waals surface area contributed by atoms with E-state index in [2.05, 4.69) is 4.98 Å². The Balaban J connectivity index is 1.56. The molecular formula is C22H29F3N4O3. The van der Waals surface area contributed by atoms with E-state index in [1.807, 2.05) is 19.1 Å². The summed E-state index contributed by atoms with van der Waals surface area (Å²) in [6, 6.07) is 3.75. The van der Waals surface area contributed by atoms with E-state index in [0.717, 1.165) is 17.1 Å². The minimum atomic E-state index is -4.13. The summed E-state index contributed by atoms with van der Waals surface area (Å²) in [6.07, 6.45) is -3.95. The number of fused-ring (bicyclic) bond motifs is 1. The lowest BCUT2D eigenvalue weighted by molar-refractivity contribution is -0.182. The Morgan fingerprint density at radius 2 is 1.94 bits per heavy atom. The third kappa shape index (κ3) is 4.84. The number of carbonyl (C=O) groups excluding carboxylic acids is 1. The van der Waals surface area contributed by atoms with Gasteiger partial charge in [-0.15, -0.1) is 0 Å². The van der Waals surface area contributed by atoms with Crippen molar-refractivity contribution in [3.63, 3.8) is 0 Å². The summed E-state index contributed by atoms with van der Waals surface area (Å²) >= 11 is 0. The van der Waals surface area contributed by atoms with Gasteiger partial charge in [-0.3, -0.25) is 0 Å². The minimum absolute atomic E-state index is 0.0201. The van der Waals surface area contributed by atoms with Gasteiger partial charge in [0, 0.05) is 24.2 Å². The van der Waals surface area contributed by atoms with Crippen molar-refractivity contribution in [3.05, 3.63) is 29.2 Å². The van der Waals surface area contributed by atoms with Crippen LogP contribution in [-0.4, -0.2) is 57.6 Å². The van der Waals surface area contributed by atoms with Crippen molar-refractivity contribution < 1.29 is 27.4 Å². The van der Waals surface area contributed by atoms with Gasteiger partial charge in [-0.2, -0.15) is 18.3 Å². The summed E-state index contributed by atoms with van der Waals surface area (Å²) in [4.78, 5) is 18.5. The molecule has 0 N–H and O–H groups in total. The first-order valence-corrected chi connectivity index (χ1v) is 11.1. The zero-order chi connectivity index (χ0) is 23.0. The molecule has 1 atom stereocenters. The second-order valence-electron chi connectivity index (χ2n) is 8.99. The number of ether oxygens (including phenoxy) is 2. The SMILES string of the molecule is Cc1cc([C@H]2CN(C(=O)OC(C)C)CCO2)n2nc(C3CCC(C(F)(F)F)CC3)cc2n1. The van der Waals surface area contributed by atoms with Crippen LogP contribution in [-0.2, 0) is 9.47 Å². The van der Waals surface area contributed by atoms with Crippen LogP contribution in [0, 0.1) is 12.8 Å². The molecule has 1 saturated carbocycles. The molecule has 3 heterocycles. The molecule has 176 valence electrons. The molecule has 32 heavy (non-hydrogen) atoms. The number of hydrogen-bond donors (Lipinski definition) is 0. The quantitative estimate of drug-likeness (QED) is 0.667. The van der Waals surface area contributed by atoms with Crippen molar-refractivity contribution in [1.29, 1.82) is 0 Å². The highest BCUT2D eigenvalue weighted by Gasteiger charge is 2.42. The lowest BCUT2D eigenvalue weighted by Gasteiger charge is -2.33. The van der Waals surface area contributed by atoms with Crippen LogP contribution < -0.4 is 0 Å². The number of hydrogen-bond acceptors (Lipinski definition) is 5. The zero-order valence-electron chi connectivity index (χ0n) is 18.6. The molecule has 1 saturated heterocycles. The molecule has 1 aliphatic heterocycles. The Morgan fingerprint density at radius 3 is 2.59 bits per heavy atom. The number of aromatic nitrogens is 3. The Kier molecular flexibility index (Phi) is 6.33. The second-order valence-corrected chi connectivity index (χ2v) is 8.99. The van der Waals surface area contributed by atoms with Crippen molar-refractivity contribution in [3.8, 4) is 0 Å². The van der Waals surface area contributed by atoms with Crippen LogP contribution in [0.15, 0.2) is 12.1 Å². The van der Waals surface area contributed by atoms with Crippen molar-refractivity contribution in [2.45, 2.75) is 70.8 Å². The van der Waals surface area contributed by atoms with Crippen LogP contribution in [0.3, 0.4) is 0 Å². The average molecular weight is 454 g/mol. The van der Waals surface area contributed by atoms with Gasteiger partial charge in [-0.1, -0.05) is 0 Å². The Morgan fingerprint density at radius 1 is 1.22 bits per heavy atom. The van der Waals surface area contributed by atoms with Gasteiger partial charge in [-0.05, 0) is 52.5 Å². The fourth-order valence-corrected chi connectivity index (χ4v) is 4.56. The smallest absolute Gasteiger partial charge is 0.410 e. The number of morpholine rings is 1. The highest BCUT2D eigenvalue weighted by molar-refractivity contribution is 5.68. The number of carbonyl (C=O) groups is 1. The third-order valence-corrected chi connectivity index (χ3v) is 6.20. The van der Waals surface area contributed by atoms with Crippen molar-refractivity contribution in [2.24, 2.45) is 5.92 Å². The Labute approximate surface area is 184 Å². The third-order valence-electron chi connectivity index (χ3n) is 6.20. The lowest BCUT2D eigenvalue weighted by atomic mass is 9.80. The molecule has 7 nitrogen and oxygen atoms in total. The summed E-state index contributed by atoms with van der Waals surface area (Å²) < 4.78 is 52.0. The van der Waals surface area contributed by atoms with Crippen molar-refractivity contribution >= 4 is 11.7 Å². The molecule has 4 rings (SSSR count). The minimum Gasteiger partial charge on any atom is -0.447 e. The van der Waals surface area contributed by atoms with Gasteiger partial charge in [0.2, 0.25) is 0 Å². The molecular weight excluding hydrogens is 425 g/mol. The first-order valence-electron chi connectivity index (χ1n) is 11.1. The summed E-state index contributed by atoms with van der Waals surface area (Å²) in [5.41, 5.74) is 2.95. The largest absolute Gasteiger partial charge is 0.447 e. The standard InChI is InChI=1S/C22H29F3N4O3/c1-13(2)32-21(30)28-8-9-31-19(12-28)18-10-14(3)26-20-11-17(27-29(18)20)15-4-6-16(7-5-15)22(23,24)25/h10-11,13,15-16,19H,4-9,12H2,1-3H3/t15?,16?,19-/m1/s1. The molecule has 0 radical (unpaired) electrons. The molecule has 0 unspecified atom stereocenters. The molecule has 2 fully saturated rings. The van der Waals surface area contributed by atoms with Gasteiger partial charge in [0.25, 0.3) is 0 Å². The van der Waals surface area contributed by atoms with E-state index >= 15 is 0 Å². The monoisotopic (exact) mass is 454 g/mol. The number of alkyl halides is 3. The second kappa shape index (κ2) is 8.88. The van der Waals surface area contributed by atoms with E-state index in [1.165, 1.54) is 0 Å². The van der Waals surface area contributed by atoms with Gasteiger partial charge in [-0.25, -0.2) is 14.3 Å². The predicted molar refractivity (Wildman–Crippen MR) is 110 cm³/mol. The Hall–Kier alpha value is -2.36. The zero-order valence-corrected chi connectivity index (χ0v) is 18.6. The van der Waals surface area contributed by atoms with Gasteiger partial charge >= 0.3 is 12.3 Å². The van der Waals surface area contributed by atoms with Crippen LogP contribution in [0.25, 0.3) is 5.65 Å². The van der Waals surface area contributed by atoms with Crippen molar-refractivity contribution in [2.75, 3.05) is 19.7 Å². The molecule has 0 aromatic carbocycles. The van der Waals surface area contributed by atoms with Gasteiger partial charge in [0.15, 0.2) is 5.65 Å². The van der Waals surface area contributed by atoms with Crippen LogP contribution in [0.2, 0.25) is 0 Å². The summed E-state index contributed by atoms with van der Waals surface area (Å²) in [5, 5.41) is 4.72. The molecule has 2 aromatic heterocycles. The number of rotatable bonds is 3. The lowest BCUT2D eigenvalue weighted by Crippen LogP contribution is -2.43. The summed E-state index contributed by atoms with van der Waals surface area (Å²) in [5.74, 6) is -1.24. The molecule has 10 heteroatoms. The van der Waals surface area contributed by atoms with Crippen LogP contribution >= 0.6 is 0 Å². The molecule has 1 amide bonds. The van der Waals surface area contributed by atoms with Gasteiger partial charge in [0.1, 0.15) is 6.10 Å². The number of halogens is 3. The van der Waals surface area contributed by atoms with E-state index in [4.69, 9.17) is 14.6 Å². The molecule has 0 bridgehead atoms. The molecule has 2 aliphatic rings. The number of amides is 1. The maximum Gasteiger partial charge on any atom is 0.410 e. The highest BCUT2D eigenvalue weighted by Crippen LogP contribution is 2.42. The first kappa shape index (κ1) is 22.8. The molecule has 2 aromatic rings. The predicted octanol–water partition coefficient (Wildman–Crippen LogP) is 4.79. The van der Waals surface area contributed by atoms with Crippen molar-refractivity contribution in [1.82, 2.24) is 19.5 Å². The Bertz CT molecular complexity index is 967. The summed E-state index contributed by atoms with van der Waals surface area (Å²) in [7, 11) is 0. The number of nitrogens with zero attached hydrogens (tertiary/aromatic N) is 4. The fraction of sp³-hybridized carbons (Fsp3) is 0.682. The van der Waals surface area contributed by atoms with E-state index in [-0.39, 0.29) is 31.0 Å². The summed E-state index contributed by atoms with van der Waals surface area (Å²) in [6.45, 7) is 6.63. The molecule has 1 aliphatic carbocycles. The highest BCUT2D eigenvalue weighted by atomic mass is 19.4. The maximum atomic E-state index is 13.0.